The van der Waals surface area contributed by atoms with Crippen molar-refractivity contribution < 1.29 is 15.0 Å². The molecular weight excluding hydrogens is 168 g/mol. The van der Waals surface area contributed by atoms with E-state index in [-0.39, 0.29) is 5.78 Å². The molecule has 0 fully saturated rings. The van der Waals surface area contributed by atoms with Crippen molar-refractivity contribution in [1.29, 1.82) is 0 Å². The normalized spacial score (nSPS) is 34.2. The van der Waals surface area contributed by atoms with Crippen LogP contribution in [-0.2, 0) is 4.79 Å². The lowest BCUT2D eigenvalue weighted by molar-refractivity contribution is -0.128. The van der Waals surface area contributed by atoms with Gasteiger partial charge in [-0.15, -0.1) is 0 Å². The Hall–Kier alpha value is -0.670. The molecule has 1 aliphatic rings. The summed E-state index contributed by atoms with van der Waals surface area (Å²) in [4.78, 5) is 11.1. The summed E-state index contributed by atoms with van der Waals surface area (Å²) in [6, 6.07) is 0. The smallest absolute Gasteiger partial charge is 0.186 e. The maximum absolute atomic E-state index is 11.1. The number of carbonyl (C=O) groups excluding carboxylic acids is 1. The van der Waals surface area contributed by atoms with Crippen LogP contribution in [0.4, 0.5) is 0 Å². The summed E-state index contributed by atoms with van der Waals surface area (Å²) < 4.78 is 0. The summed E-state index contributed by atoms with van der Waals surface area (Å²) in [5.74, 6) is -0.380. The molecule has 0 aromatic heterocycles. The molecule has 3 nitrogen and oxygen atoms in total. The van der Waals surface area contributed by atoms with Crippen LogP contribution in [0.1, 0.15) is 32.1 Å². The molecule has 1 aliphatic carbocycles. The second-order valence-electron chi connectivity index (χ2n) is 3.45. The van der Waals surface area contributed by atoms with Gasteiger partial charge in [-0.1, -0.05) is 18.9 Å². The van der Waals surface area contributed by atoms with Crippen LogP contribution in [-0.4, -0.2) is 28.2 Å². The molecule has 0 aromatic carbocycles. The van der Waals surface area contributed by atoms with E-state index < -0.39 is 12.2 Å². The van der Waals surface area contributed by atoms with Crippen molar-refractivity contribution in [2.75, 3.05) is 0 Å². The Balaban J connectivity index is 2.58. The Morgan fingerprint density at radius 1 is 1.23 bits per heavy atom. The van der Waals surface area contributed by atoms with Gasteiger partial charge >= 0.3 is 0 Å². The first-order valence-electron chi connectivity index (χ1n) is 4.78. The van der Waals surface area contributed by atoms with Crippen LogP contribution in [0.5, 0.6) is 0 Å². The summed E-state index contributed by atoms with van der Waals surface area (Å²) >= 11 is 0. The lowest BCUT2D eigenvalue weighted by Crippen LogP contribution is -2.32. The van der Waals surface area contributed by atoms with Gasteiger partial charge < -0.3 is 10.2 Å². The molecule has 1 rings (SSSR count). The first-order valence-corrected chi connectivity index (χ1v) is 4.78. The molecule has 0 saturated heterocycles. The van der Waals surface area contributed by atoms with Gasteiger partial charge in [-0.3, -0.25) is 4.79 Å². The molecule has 0 radical (unpaired) electrons. The monoisotopic (exact) mass is 184 g/mol. The molecule has 2 unspecified atom stereocenters. The predicted octanol–water partition coefficient (Wildman–Crippen LogP) is 0.798. The number of ketones is 1. The van der Waals surface area contributed by atoms with E-state index >= 15 is 0 Å². The number of hydrogen-bond acceptors (Lipinski definition) is 3. The van der Waals surface area contributed by atoms with Crippen molar-refractivity contribution in [2.45, 2.75) is 44.3 Å². The maximum Gasteiger partial charge on any atom is 0.186 e. The van der Waals surface area contributed by atoms with Gasteiger partial charge in [-0.05, 0) is 25.3 Å². The van der Waals surface area contributed by atoms with E-state index in [2.05, 4.69) is 0 Å². The van der Waals surface area contributed by atoms with Crippen molar-refractivity contribution in [3.05, 3.63) is 12.2 Å². The first-order chi connectivity index (χ1) is 6.22. The molecule has 13 heavy (non-hydrogen) atoms. The quantitative estimate of drug-likeness (QED) is 0.585. The lowest BCUT2D eigenvalue weighted by Gasteiger charge is -2.15. The van der Waals surface area contributed by atoms with Gasteiger partial charge in [0.15, 0.2) is 5.78 Å². The number of allylic oxidation sites excluding steroid dienone is 1. The zero-order valence-electron chi connectivity index (χ0n) is 7.65. The summed E-state index contributed by atoms with van der Waals surface area (Å²) in [5, 5.41) is 18.7. The zero-order valence-corrected chi connectivity index (χ0v) is 7.65. The van der Waals surface area contributed by atoms with E-state index in [1.807, 2.05) is 0 Å². The Morgan fingerprint density at radius 2 is 2.00 bits per heavy atom. The van der Waals surface area contributed by atoms with Crippen LogP contribution in [0.3, 0.4) is 0 Å². The van der Waals surface area contributed by atoms with Gasteiger partial charge in [0.25, 0.3) is 0 Å². The van der Waals surface area contributed by atoms with Crippen LogP contribution in [0.2, 0.25) is 0 Å². The minimum Gasteiger partial charge on any atom is -0.390 e. The summed E-state index contributed by atoms with van der Waals surface area (Å²) in [5.41, 5.74) is 0. The largest absolute Gasteiger partial charge is 0.390 e. The molecule has 2 atom stereocenters. The average molecular weight is 184 g/mol. The van der Waals surface area contributed by atoms with E-state index in [4.69, 9.17) is 0 Å². The highest BCUT2D eigenvalue weighted by Crippen LogP contribution is 2.11. The molecule has 0 amide bonds. The molecular formula is C10H16O3. The molecule has 74 valence electrons. The fraction of sp³-hybridized carbons (Fsp3) is 0.700. The van der Waals surface area contributed by atoms with Gasteiger partial charge in [0, 0.05) is 0 Å². The minimum atomic E-state index is -1.23. The second-order valence-corrected chi connectivity index (χ2v) is 3.45. The van der Waals surface area contributed by atoms with Crippen molar-refractivity contribution >= 4 is 5.78 Å². The van der Waals surface area contributed by atoms with Gasteiger partial charge in [0.05, 0.1) is 6.10 Å². The number of carbonyl (C=O) groups is 1. The predicted molar refractivity (Wildman–Crippen MR) is 49.2 cm³/mol. The third-order valence-electron chi connectivity index (χ3n) is 2.31. The standard InChI is InChI=1S/C10H16O3/c11-8-6-4-2-1-3-5-7-9(12)10(8)13/h4,6,9-10,12-13H,1-3,5,7H2/b6-4-. The Morgan fingerprint density at radius 3 is 2.77 bits per heavy atom. The first kappa shape index (κ1) is 10.4. The highest BCUT2D eigenvalue weighted by molar-refractivity contribution is 5.93. The fourth-order valence-electron chi connectivity index (χ4n) is 1.44. The lowest BCUT2D eigenvalue weighted by atomic mass is 10.00. The zero-order chi connectivity index (χ0) is 9.68. The van der Waals surface area contributed by atoms with E-state index in [1.165, 1.54) is 6.08 Å². The van der Waals surface area contributed by atoms with Crippen LogP contribution in [0.15, 0.2) is 12.2 Å². The summed E-state index contributed by atoms with van der Waals surface area (Å²) in [6.45, 7) is 0. The highest BCUT2D eigenvalue weighted by Gasteiger charge is 2.21. The summed E-state index contributed by atoms with van der Waals surface area (Å²) in [7, 11) is 0. The van der Waals surface area contributed by atoms with E-state index in [0.29, 0.717) is 6.42 Å². The average Bonchev–Trinajstić information content (AvgIpc) is 2.13. The van der Waals surface area contributed by atoms with Gasteiger partial charge in [-0.25, -0.2) is 0 Å². The van der Waals surface area contributed by atoms with Gasteiger partial charge in [-0.2, -0.15) is 0 Å². The highest BCUT2D eigenvalue weighted by atomic mass is 16.3. The minimum absolute atomic E-state index is 0.380. The van der Waals surface area contributed by atoms with Gasteiger partial charge in [0.2, 0.25) is 0 Å². The van der Waals surface area contributed by atoms with Crippen molar-refractivity contribution in [1.82, 2.24) is 0 Å². The molecule has 2 N–H and O–H groups in total. The molecule has 0 aliphatic heterocycles. The Labute approximate surface area is 78.1 Å². The molecule has 0 aromatic rings. The number of rotatable bonds is 0. The van der Waals surface area contributed by atoms with Crippen molar-refractivity contribution in [3.63, 3.8) is 0 Å². The van der Waals surface area contributed by atoms with Crippen LogP contribution < -0.4 is 0 Å². The van der Waals surface area contributed by atoms with Gasteiger partial charge in [0.1, 0.15) is 6.10 Å². The van der Waals surface area contributed by atoms with E-state index in [9.17, 15) is 15.0 Å². The van der Waals surface area contributed by atoms with Crippen LogP contribution >= 0.6 is 0 Å². The van der Waals surface area contributed by atoms with Crippen molar-refractivity contribution in [2.24, 2.45) is 0 Å². The van der Waals surface area contributed by atoms with Crippen LogP contribution in [0, 0.1) is 0 Å². The second kappa shape index (κ2) is 5.14. The molecule has 0 heterocycles. The van der Waals surface area contributed by atoms with E-state index in [0.717, 1.165) is 25.7 Å². The molecule has 0 bridgehead atoms. The number of hydrogen-bond donors (Lipinski definition) is 2. The molecule has 0 spiro atoms. The maximum atomic E-state index is 11.1. The van der Waals surface area contributed by atoms with Crippen LogP contribution in [0.25, 0.3) is 0 Å². The third-order valence-corrected chi connectivity index (χ3v) is 2.31. The molecule has 0 saturated carbocycles. The topological polar surface area (TPSA) is 57.5 Å². The Kier molecular flexibility index (Phi) is 4.12. The van der Waals surface area contributed by atoms with E-state index in [1.54, 1.807) is 6.08 Å². The van der Waals surface area contributed by atoms with Crippen molar-refractivity contribution in [3.8, 4) is 0 Å². The fourth-order valence-corrected chi connectivity index (χ4v) is 1.44. The number of aliphatic hydroxyl groups is 2. The third kappa shape index (κ3) is 3.28. The summed E-state index contributed by atoms with van der Waals surface area (Å²) in [6.07, 6.45) is 5.39. The Bertz CT molecular complexity index is 198. The SMILES string of the molecule is O=C1/C=C\CCCCCC(O)C1O. The number of aliphatic hydroxyl groups excluding tert-OH is 2. The molecule has 3 heteroatoms.